The standard InChI is InChI=1S/C8H13NO3/c1-2-3-4-5-7(10)9-6-8(11)12/h3-4H,2,5-6H2,1H3,(H,9,10)(H,11,12). The van der Waals surface area contributed by atoms with Crippen LogP contribution in [0.25, 0.3) is 0 Å². The van der Waals surface area contributed by atoms with E-state index in [0.717, 1.165) is 6.42 Å². The van der Waals surface area contributed by atoms with Gasteiger partial charge in [0.25, 0.3) is 0 Å². The molecule has 4 heteroatoms. The van der Waals surface area contributed by atoms with E-state index >= 15 is 0 Å². The fourth-order valence-corrected chi connectivity index (χ4v) is 0.603. The van der Waals surface area contributed by atoms with Gasteiger partial charge in [-0.2, -0.15) is 0 Å². The summed E-state index contributed by atoms with van der Waals surface area (Å²) in [6, 6.07) is 0. The molecule has 0 unspecified atom stereocenters. The second kappa shape index (κ2) is 6.39. The molecule has 4 nitrogen and oxygen atoms in total. The van der Waals surface area contributed by atoms with Crippen LogP contribution in [0.15, 0.2) is 12.2 Å². The molecule has 0 aliphatic rings. The van der Waals surface area contributed by atoms with Gasteiger partial charge in [-0.15, -0.1) is 0 Å². The molecule has 0 aromatic rings. The van der Waals surface area contributed by atoms with E-state index in [0.29, 0.717) is 0 Å². The number of carboxylic acid groups (broad SMARTS) is 1. The Morgan fingerprint density at radius 2 is 2.08 bits per heavy atom. The van der Waals surface area contributed by atoms with Gasteiger partial charge in [-0.25, -0.2) is 0 Å². The Kier molecular flexibility index (Phi) is 5.69. The van der Waals surface area contributed by atoms with E-state index in [1.54, 1.807) is 6.08 Å². The van der Waals surface area contributed by atoms with Crippen molar-refractivity contribution < 1.29 is 14.7 Å². The summed E-state index contributed by atoms with van der Waals surface area (Å²) >= 11 is 0. The molecular formula is C8H13NO3. The third-order valence-corrected chi connectivity index (χ3v) is 1.14. The highest BCUT2D eigenvalue weighted by atomic mass is 16.4. The van der Waals surface area contributed by atoms with Crippen molar-refractivity contribution in [1.82, 2.24) is 5.32 Å². The predicted octanol–water partition coefficient (Wildman–Crippen LogP) is 0.544. The van der Waals surface area contributed by atoms with E-state index in [1.165, 1.54) is 0 Å². The molecule has 0 aliphatic heterocycles. The van der Waals surface area contributed by atoms with Gasteiger partial charge in [0.15, 0.2) is 0 Å². The number of aliphatic carboxylic acids is 1. The van der Waals surface area contributed by atoms with Gasteiger partial charge in [0, 0.05) is 6.42 Å². The molecule has 0 rings (SSSR count). The zero-order valence-electron chi connectivity index (χ0n) is 7.04. The third-order valence-electron chi connectivity index (χ3n) is 1.14. The second-order valence-electron chi connectivity index (χ2n) is 2.25. The lowest BCUT2D eigenvalue weighted by Crippen LogP contribution is -2.28. The Morgan fingerprint density at radius 3 is 2.58 bits per heavy atom. The zero-order valence-corrected chi connectivity index (χ0v) is 7.04. The van der Waals surface area contributed by atoms with Gasteiger partial charge < -0.3 is 10.4 Å². The molecule has 0 aromatic heterocycles. The number of carbonyl (C=O) groups is 2. The molecule has 0 spiro atoms. The zero-order chi connectivity index (χ0) is 9.40. The van der Waals surface area contributed by atoms with E-state index in [-0.39, 0.29) is 18.9 Å². The van der Waals surface area contributed by atoms with Crippen LogP contribution in [-0.2, 0) is 9.59 Å². The molecule has 0 bridgehead atoms. The highest BCUT2D eigenvalue weighted by Gasteiger charge is 1.99. The molecule has 1 amide bonds. The minimum atomic E-state index is -1.03. The summed E-state index contributed by atoms with van der Waals surface area (Å²) in [5.74, 6) is -1.29. The Morgan fingerprint density at radius 1 is 1.42 bits per heavy atom. The van der Waals surface area contributed by atoms with Crippen LogP contribution in [0.2, 0.25) is 0 Å². The third kappa shape index (κ3) is 6.80. The average molecular weight is 171 g/mol. The maximum absolute atomic E-state index is 10.8. The Bertz CT molecular complexity index is 187. The highest BCUT2D eigenvalue weighted by Crippen LogP contribution is 1.85. The van der Waals surface area contributed by atoms with E-state index in [1.807, 2.05) is 13.0 Å². The van der Waals surface area contributed by atoms with Gasteiger partial charge in [0.1, 0.15) is 6.54 Å². The molecule has 0 atom stereocenters. The van der Waals surface area contributed by atoms with Crippen molar-refractivity contribution in [3.8, 4) is 0 Å². The summed E-state index contributed by atoms with van der Waals surface area (Å²) in [6.07, 6.45) is 4.71. The van der Waals surface area contributed by atoms with Crippen LogP contribution in [0.1, 0.15) is 19.8 Å². The van der Waals surface area contributed by atoms with Gasteiger partial charge in [0.05, 0.1) is 0 Å². The van der Waals surface area contributed by atoms with Crippen LogP contribution in [0, 0.1) is 0 Å². The SMILES string of the molecule is CCC=CCC(=O)NCC(=O)O. The number of carbonyl (C=O) groups excluding carboxylic acids is 1. The number of hydrogen-bond acceptors (Lipinski definition) is 2. The monoisotopic (exact) mass is 171 g/mol. The summed E-state index contributed by atoms with van der Waals surface area (Å²) < 4.78 is 0. The first-order valence-corrected chi connectivity index (χ1v) is 3.80. The summed E-state index contributed by atoms with van der Waals surface area (Å²) in [4.78, 5) is 20.8. The Labute approximate surface area is 71.3 Å². The van der Waals surface area contributed by atoms with Gasteiger partial charge in [-0.05, 0) is 6.42 Å². The first-order valence-electron chi connectivity index (χ1n) is 3.80. The van der Waals surface area contributed by atoms with Crippen LogP contribution in [0.4, 0.5) is 0 Å². The molecular weight excluding hydrogens is 158 g/mol. The van der Waals surface area contributed by atoms with Crippen molar-refractivity contribution in [2.24, 2.45) is 0 Å². The Balaban J connectivity index is 3.46. The number of allylic oxidation sites excluding steroid dienone is 1. The van der Waals surface area contributed by atoms with E-state index in [9.17, 15) is 9.59 Å². The van der Waals surface area contributed by atoms with Crippen LogP contribution >= 0.6 is 0 Å². The molecule has 0 aromatic carbocycles. The van der Waals surface area contributed by atoms with Gasteiger partial charge in [-0.1, -0.05) is 19.1 Å². The normalized spacial score (nSPS) is 10.1. The van der Waals surface area contributed by atoms with E-state index < -0.39 is 5.97 Å². The molecule has 68 valence electrons. The van der Waals surface area contributed by atoms with Crippen molar-refractivity contribution in [2.45, 2.75) is 19.8 Å². The quantitative estimate of drug-likeness (QED) is 0.593. The molecule has 12 heavy (non-hydrogen) atoms. The number of amides is 1. The lowest BCUT2D eigenvalue weighted by molar-refractivity contribution is -0.137. The van der Waals surface area contributed by atoms with Crippen LogP contribution in [-0.4, -0.2) is 23.5 Å². The second-order valence-corrected chi connectivity index (χ2v) is 2.25. The topological polar surface area (TPSA) is 66.4 Å². The smallest absolute Gasteiger partial charge is 0.322 e. The minimum absolute atomic E-state index is 0.251. The summed E-state index contributed by atoms with van der Waals surface area (Å²) in [7, 11) is 0. The predicted molar refractivity (Wildman–Crippen MR) is 44.7 cm³/mol. The first-order chi connectivity index (χ1) is 5.66. The van der Waals surface area contributed by atoms with Crippen LogP contribution in [0.5, 0.6) is 0 Å². The number of rotatable bonds is 5. The highest BCUT2D eigenvalue weighted by molar-refractivity contribution is 5.81. The summed E-state index contributed by atoms with van der Waals surface area (Å²) in [5.41, 5.74) is 0. The number of hydrogen-bond donors (Lipinski definition) is 2. The van der Waals surface area contributed by atoms with Crippen LogP contribution < -0.4 is 5.32 Å². The maximum Gasteiger partial charge on any atom is 0.322 e. The molecule has 0 fully saturated rings. The van der Waals surface area contributed by atoms with E-state index in [2.05, 4.69) is 5.32 Å². The molecule has 0 heterocycles. The average Bonchev–Trinajstić information content (AvgIpc) is 2.01. The van der Waals surface area contributed by atoms with Crippen molar-refractivity contribution >= 4 is 11.9 Å². The van der Waals surface area contributed by atoms with Crippen molar-refractivity contribution in [1.29, 1.82) is 0 Å². The molecule has 0 radical (unpaired) electrons. The fourth-order valence-electron chi connectivity index (χ4n) is 0.603. The summed E-state index contributed by atoms with van der Waals surface area (Å²) in [6.45, 7) is 1.66. The summed E-state index contributed by atoms with van der Waals surface area (Å²) in [5, 5.41) is 10.5. The number of nitrogens with one attached hydrogen (secondary N) is 1. The van der Waals surface area contributed by atoms with Gasteiger partial charge >= 0.3 is 5.97 Å². The lowest BCUT2D eigenvalue weighted by Gasteiger charge is -1.97. The van der Waals surface area contributed by atoms with Crippen molar-refractivity contribution in [3.05, 3.63) is 12.2 Å². The van der Waals surface area contributed by atoms with Gasteiger partial charge in [-0.3, -0.25) is 9.59 Å². The van der Waals surface area contributed by atoms with Crippen molar-refractivity contribution in [2.75, 3.05) is 6.54 Å². The molecule has 2 N–H and O–H groups in total. The largest absolute Gasteiger partial charge is 0.480 e. The lowest BCUT2D eigenvalue weighted by atomic mass is 10.3. The molecule has 0 saturated carbocycles. The van der Waals surface area contributed by atoms with Crippen LogP contribution in [0.3, 0.4) is 0 Å². The Hall–Kier alpha value is -1.32. The van der Waals surface area contributed by atoms with E-state index in [4.69, 9.17) is 5.11 Å². The molecule has 0 saturated heterocycles. The van der Waals surface area contributed by atoms with Gasteiger partial charge in [0.2, 0.25) is 5.91 Å². The first kappa shape index (κ1) is 10.7. The number of carboxylic acids is 1. The fraction of sp³-hybridized carbons (Fsp3) is 0.500. The maximum atomic E-state index is 10.8. The minimum Gasteiger partial charge on any atom is -0.480 e. The molecule has 0 aliphatic carbocycles. The van der Waals surface area contributed by atoms with Crippen molar-refractivity contribution in [3.63, 3.8) is 0 Å².